The van der Waals surface area contributed by atoms with Crippen LogP contribution in [0, 0.1) is 5.92 Å². The Morgan fingerprint density at radius 2 is 1.76 bits per heavy atom. The maximum Gasteiger partial charge on any atom is 0.446 e. The molecule has 0 atom stereocenters. The molecule has 1 aliphatic rings. The average Bonchev–Trinajstić information content (AvgIpc) is 2.16. The molecular formula is C12H14F3NS. The Morgan fingerprint density at radius 3 is 2.24 bits per heavy atom. The summed E-state index contributed by atoms with van der Waals surface area (Å²) in [5.74, 6) is 0.757. The normalized spacial score (nSPS) is 24.2. The molecule has 0 unspecified atom stereocenters. The molecule has 0 amide bonds. The van der Waals surface area contributed by atoms with E-state index in [0.717, 1.165) is 24.4 Å². The molecule has 1 saturated carbocycles. The van der Waals surface area contributed by atoms with Crippen LogP contribution < -0.4 is 5.32 Å². The standard InChI is InChI=1S/C12H14F3NS/c1-8-6-10(7-8)16-9-2-4-11(5-3-9)17-12(13,14)15/h2-5,8,10,16H,6-7H2,1H3. The molecule has 1 fully saturated rings. The van der Waals surface area contributed by atoms with Crippen molar-refractivity contribution in [2.24, 2.45) is 5.92 Å². The van der Waals surface area contributed by atoms with E-state index >= 15 is 0 Å². The minimum atomic E-state index is -4.21. The molecule has 0 saturated heterocycles. The average molecular weight is 261 g/mol. The highest BCUT2D eigenvalue weighted by atomic mass is 32.2. The Hall–Kier alpha value is -0.840. The van der Waals surface area contributed by atoms with E-state index in [4.69, 9.17) is 0 Å². The number of hydrogen-bond acceptors (Lipinski definition) is 2. The molecule has 94 valence electrons. The van der Waals surface area contributed by atoms with Crippen molar-refractivity contribution in [3.8, 4) is 0 Å². The Balaban J connectivity index is 1.89. The van der Waals surface area contributed by atoms with E-state index in [1.54, 1.807) is 12.1 Å². The monoisotopic (exact) mass is 261 g/mol. The summed E-state index contributed by atoms with van der Waals surface area (Å²) >= 11 is -0.0793. The molecule has 17 heavy (non-hydrogen) atoms. The Labute approximate surface area is 103 Å². The first-order valence-electron chi connectivity index (χ1n) is 5.55. The third-order valence-corrected chi connectivity index (χ3v) is 3.57. The van der Waals surface area contributed by atoms with Gasteiger partial charge in [-0.15, -0.1) is 0 Å². The molecule has 0 bridgehead atoms. The van der Waals surface area contributed by atoms with Crippen molar-refractivity contribution in [3.05, 3.63) is 24.3 Å². The Bertz CT molecular complexity index is 368. The second-order valence-corrected chi connectivity index (χ2v) is 5.63. The molecule has 1 N–H and O–H groups in total. The fraction of sp³-hybridized carbons (Fsp3) is 0.500. The Kier molecular flexibility index (Phi) is 3.56. The maximum absolute atomic E-state index is 12.1. The molecule has 0 aliphatic heterocycles. The molecule has 1 aliphatic carbocycles. The smallest absolute Gasteiger partial charge is 0.382 e. The topological polar surface area (TPSA) is 12.0 Å². The maximum atomic E-state index is 12.1. The van der Waals surface area contributed by atoms with Gasteiger partial charge in [0, 0.05) is 16.6 Å². The van der Waals surface area contributed by atoms with Crippen LogP contribution in [0.5, 0.6) is 0 Å². The largest absolute Gasteiger partial charge is 0.446 e. The van der Waals surface area contributed by atoms with Crippen LogP contribution in [0.3, 0.4) is 0 Å². The van der Waals surface area contributed by atoms with Crippen molar-refractivity contribution in [2.45, 2.75) is 36.2 Å². The predicted molar refractivity (Wildman–Crippen MR) is 64.2 cm³/mol. The number of thioether (sulfide) groups is 1. The quantitative estimate of drug-likeness (QED) is 0.803. The van der Waals surface area contributed by atoms with Gasteiger partial charge in [0.1, 0.15) is 0 Å². The second-order valence-electron chi connectivity index (χ2n) is 4.49. The number of anilines is 1. The van der Waals surface area contributed by atoms with Gasteiger partial charge < -0.3 is 5.32 Å². The third kappa shape index (κ3) is 3.84. The lowest BCUT2D eigenvalue weighted by atomic mass is 9.82. The summed E-state index contributed by atoms with van der Waals surface area (Å²) < 4.78 is 36.3. The van der Waals surface area contributed by atoms with Gasteiger partial charge in [0.05, 0.1) is 0 Å². The molecule has 0 spiro atoms. The van der Waals surface area contributed by atoms with Crippen LogP contribution in [0.25, 0.3) is 0 Å². The van der Waals surface area contributed by atoms with Gasteiger partial charge in [-0.2, -0.15) is 13.2 Å². The van der Waals surface area contributed by atoms with E-state index in [0.29, 0.717) is 6.04 Å². The SMILES string of the molecule is CC1CC(Nc2ccc(SC(F)(F)F)cc2)C1. The van der Waals surface area contributed by atoms with Crippen molar-refractivity contribution in [3.63, 3.8) is 0 Å². The van der Waals surface area contributed by atoms with Crippen LogP contribution in [-0.2, 0) is 0 Å². The van der Waals surface area contributed by atoms with Gasteiger partial charge in [0.15, 0.2) is 0 Å². The molecule has 1 aromatic rings. The first kappa shape index (κ1) is 12.6. The van der Waals surface area contributed by atoms with Gasteiger partial charge in [-0.25, -0.2) is 0 Å². The molecule has 5 heteroatoms. The van der Waals surface area contributed by atoms with Crippen LogP contribution in [0.2, 0.25) is 0 Å². The molecule has 2 rings (SSSR count). The predicted octanol–water partition coefficient (Wildman–Crippen LogP) is 4.51. The van der Waals surface area contributed by atoms with Crippen molar-refractivity contribution in [2.75, 3.05) is 5.32 Å². The van der Waals surface area contributed by atoms with E-state index in [1.165, 1.54) is 12.1 Å². The van der Waals surface area contributed by atoms with E-state index in [2.05, 4.69) is 12.2 Å². The molecular weight excluding hydrogens is 247 g/mol. The van der Waals surface area contributed by atoms with Crippen LogP contribution in [0.15, 0.2) is 29.2 Å². The lowest BCUT2D eigenvalue weighted by Gasteiger charge is -2.34. The fourth-order valence-electron chi connectivity index (χ4n) is 2.01. The lowest BCUT2D eigenvalue weighted by molar-refractivity contribution is -0.0328. The summed E-state index contributed by atoms with van der Waals surface area (Å²) in [4.78, 5) is 0.227. The summed E-state index contributed by atoms with van der Waals surface area (Å²) in [6, 6.07) is 6.89. The first-order chi connectivity index (χ1) is 7.92. The van der Waals surface area contributed by atoms with Crippen molar-refractivity contribution < 1.29 is 13.2 Å². The first-order valence-corrected chi connectivity index (χ1v) is 6.36. The molecule has 0 radical (unpaired) electrons. The van der Waals surface area contributed by atoms with Crippen molar-refractivity contribution in [1.29, 1.82) is 0 Å². The molecule has 0 heterocycles. The highest BCUT2D eigenvalue weighted by molar-refractivity contribution is 8.00. The van der Waals surface area contributed by atoms with Crippen LogP contribution in [0.1, 0.15) is 19.8 Å². The zero-order valence-corrected chi connectivity index (χ0v) is 10.2. The van der Waals surface area contributed by atoms with Gasteiger partial charge >= 0.3 is 5.51 Å². The highest BCUT2D eigenvalue weighted by Crippen LogP contribution is 2.37. The van der Waals surface area contributed by atoms with Crippen molar-refractivity contribution >= 4 is 17.4 Å². The van der Waals surface area contributed by atoms with E-state index in [9.17, 15) is 13.2 Å². The summed E-state index contributed by atoms with van der Waals surface area (Å²) in [5, 5.41) is 3.31. The van der Waals surface area contributed by atoms with Gasteiger partial charge in [-0.3, -0.25) is 0 Å². The second kappa shape index (κ2) is 4.80. The van der Waals surface area contributed by atoms with Crippen molar-refractivity contribution in [1.82, 2.24) is 0 Å². The molecule has 1 aromatic carbocycles. The van der Waals surface area contributed by atoms with Gasteiger partial charge in [0.2, 0.25) is 0 Å². The van der Waals surface area contributed by atoms with Crippen LogP contribution in [0.4, 0.5) is 18.9 Å². The molecule has 1 nitrogen and oxygen atoms in total. The zero-order valence-electron chi connectivity index (χ0n) is 9.42. The third-order valence-electron chi connectivity index (χ3n) is 2.83. The summed E-state index contributed by atoms with van der Waals surface area (Å²) in [7, 11) is 0. The van der Waals surface area contributed by atoms with E-state index < -0.39 is 5.51 Å². The molecule has 0 aromatic heterocycles. The lowest BCUT2D eigenvalue weighted by Crippen LogP contribution is -2.33. The summed E-state index contributed by atoms with van der Waals surface area (Å²) in [6.07, 6.45) is 2.28. The minimum Gasteiger partial charge on any atom is -0.382 e. The zero-order chi connectivity index (χ0) is 12.5. The van der Waals surface area contributed by atoms with Gasteiger partial charge in [-0.1, -0.05) is 6.92 Å². The number of benzene rings is 1. The van der Waals surface area contributed by atoms with E-state index in [-0.39, 0.29) is 16.7 Å². The number of alkyl halides is 3. The summed E-state index contributed by atoms with van der Waals surface area (Å²) in [5.41, 5.74) is -3.31. The summed E-state index contributed by atoms with van der Waals surface area (Å²) in [6.45, 7) is 2.20. The number of hydrogen-bond donors (Lipinski definition) is 1. The van der Waals surface area contributed by atoms with Gasteiger partial charge in [0.25, 0.3) is 0 Å². The minimum absolute atomic E-state index is 0.0793. The number of halogens is 3. The highest BCUT2D eigenvalue weighted by Gasteiger charge is 2.29. The van der Waals surface area contributed by atoms with E-state index in [1.807, 2.05) is 0 Å². The number of rotatable bonds is 3. The fourth-order valence-corrected chi connectivity index (χ4v) is 2.55. The van der Waals surface area contributed by atoms with Crippen LogP contribution in [-0.4, -0.2) is 11.6 Å². The Morgan fingerprint density at radius 1 is 1.18 bits per heavy atom. The van der Waals surface area contributed by atoms with Crippen LogP contribution >= 0.6 is 11.8 Å². The number of nitrogens with one attached hydrogen (secondary N) is 1. The van der Waals surface area contributed by atoms with Gasteiger partial charge in [-0.05, 0) is 54.8 Å².